The number of carbonyl (C=O) groups excluding carboxylic acids is 1. The highest BCUT2D eigenvalue weighted by Gasteiger charge is 2.27. The minimum atomic E-state index is -0.221. The summed E-state index contributed by atoms with van der Waals surface area (Å²) in [5, 5.41) is 0. The zero-order chi connectivity index (χ0) is 16.8. The summed E-state index contributed by atoms with van der Waals surface area (Å²) in [6.45, 7) is 1.76. The van der Waals surface area contributed by atoms with Crippen molar-refractivity contribution in [2.24, 2.45) is 5.73 Å². The Labute approximate surface area is 144 Å². The Morgan fingerprint density at radius 1 is 1.00 bits per heavy atom. The van der Waals surface area contributed by atoms with Gasteiger partial charge in [0.15, 0.2) is 0 Å². The predicted molar refractivity (Wildman–Crippen MR) is 92.5 cm³/mol. The molecule has 1 saturated carbocycles. The second-order valence-corrected chi connectivity index (χ2v) is 6.90. The lowest BCUT2D eigenvalue weighted by molar-refractivity contribution is -0.0561. The van der Waals surface area contributed by atoms with Crippen LogP contribution in [0.5, 0.6) is 0 Å². The lowest BCUT2D eigenvalue weighted by Crippen LogP contribution is -2.42. The zero-order valence-corrected chi connectivity index (χ0v) is 14.2. The first-order valence-electron chi connectivity index (χ1n) is 9.07. The van der Waals surface area contributed by atoms with Crippen LogP contribution >= 0.6 is 0 Å². The average molecular weight is 332 g/mol. The maximum absolute atomic E-state index is 12.2. The van der Waals surface area contributed by atoms with Gasteiger partial charge in [-0.2, -0.15) is 0 Å². The second kappa shape index (κ2) is 8.49. The Hall–Kier alpha value is -1.59. The second-order valence-electron chi connectivity index (χ2n) is 6.90. The van der Waals surface area contributed by atoms with Crippen LogP contribution in [-0.2, 0) is 16.1 Å². The highest BCUT2D eigenvalue weighted by molar-refractivity contribution is 5.67. The van der Waals surface area contributed by atoms with E-state index in [4.69, 9.17) is 15.2 Å². The molecule has 0 unspecified atom stereocenters. The third kappa shape index (κ3) is 4.95. The minimum absolute atomic E-state index is 0.221. The lowest BCUT2D eigenvalue weighted by Gasteiger charge is -2.35. The summed E-state index contributed by atoms with van der Waals surface area (Å²) in [5.74, 6) is 0. The van der Waals surface area contributed by atoms with E-state index >= 15 is 0 Å². The summed E-state index contributed by atoms with van der Waals surface area (Å²) >= 11 is 0. The van der Waals surface area contributed by atoms with Crippen LogP contribution in [0.15, 0.2) is 30.3 Å². The van der Waals surface area contributed by atoms with Crippen LogP contribution in [0.1, 0.15) is 44.1 Å². The molecule has 1 amide bonds. The van der Waals surface area contributed by atoms with E-state index in [0.29, 0.717) is 31.8 Å². The molecule has 3 rings (SSSR count). The third-order valence-electron chi connectivity index (χ3n) is 5.01. The van der Waals surface area contributed by atoms with E-state index in [-0.39, 0.29) is 12.2 Å². The van der Waals surface area contributed by atoms with Crippen LogP contribution in [0.4, 0.5) is 4.79 Å². The summed E-state index contributed by atoms with van der Waals surface area (Å²) < 4.78 is 11.6. The highest BCUT2D eigenvalue weighted by atomic mass is 16.6. The molecule has 5 nitrogen and oxygen atoms in total. The fourth-order valence-electron chi connectivity index (χ4n) is 3.48. The Balaban J connectivity index is 1.36. The minimum Gasteiger partial charge on any atom is -0.445 e. The molecule has 5 heteroatoms. The molecule has 1 heterocycles. The summed E-state index contributed by atoms with van der Waals surface area (Å²) in [5.41, 5.74) is 6.95. The quantitative estimate of drug-likeness (QED) is 0.920. The lowest BCUT2D eigenvalue weighted by atomic mass is 9.93. The first kappa shape index (κ1) is 17.2. The Kier molecular flexibility index (Phi) is 6.10. The number of likely N-dealkylation sites (tertiary alicyclic amines) is 1. The number of hydrogen-bond donors (Lipinski definition) is 1. The molecule has 2 fully saturated rings. The molecule has 2 N–H and O–H groups in total. The number of ether oxygens (including phenoxy) is 2. The molecular weight excluding hydrogens is 304 g/mol. The molecule has 1 aromatic carbocycles. The van der Waals surface area contributed by atoms with Crippen LogP contribution in [0, 0.1) is 0 Å². The van der Waals surface area contributed by atoms with Crippen molar-refractivity contribution in [1.82, 2.24) is 4.90 Å². The summed E-state index contributed by atoms with van der Waals surface area (Å²) in [4.78, 5) is 13.9. The maximum atomic E-state index is 12.2. The van der Waals surface area contributed by atoms with E-state index in [1.807, 2.05) is 30.3 Å². The van der Waals surface area contributed by atoms with Gasteiger partial charge in [0.1, 0.15) is 6.61 Å². The van der Waals surface area contributed by atoms with Gasteiger partial charge in [0, 0.05) is 19.1 Å². The van der Waals surface area contributed by atoms with Crippen molar-refractivity contribution < 1.29 is 14.3 Å². The highest BCUT2D eigenvalue weighted by Crippen LogP contribution is 2.24. The molecule has 0 atom stereocenters. The molecule has 1 aromatic rings. The zero-order valence-electron chi connectivity index (χ0n) is 14.2. The standard InChI is InChI=1S/C19H28N2O3/c20-16-6-8-17(9-7-16)24-18-10-12-21(13-11-18)19(22)23-14-15-4-2-1-3-5-15/h1-5,16-18H,6-14,20H2/t16-,17-. The summed E-state index contributed by atoms with van der Waals surface area (Å²) in [6, 6.07) is 10.1. The number of amides is 1. The summed E-state index contributed by atoms with van der Waals surface area (Å²) in [7, 11) is 0. The Morgan fingerprint density at radius 2 is 1.62 bits per heavy atom. The molecule has 0 aromatic heterocycles. The van der Waals surface area contributed by atoms with Gasteiger partial charge in [-0.25, -0.2) is 4.79 Å². The van der Waals surface area contributed by atoms with Crippen molar-refractivity contribution in [3.8, 4) is 0 Å². The molecule has 0 spiro atoms. The van der Waals surface area contributed by atoms with E-state index in [2.05, 4.69) is 0 Å². The molecule has 0 radical (unpaired) electrons. The van der Waals surface area contributed by atoms with Gasteiger partial charge in [-0.15, -0.1) is 0 Å². The van der Waals surface area contributed by atoms with Gasteiger partial charge >= 0.3 is 6.09 Å². The number of hydrogen-bond acceptors (Lipinski definition) is 4. The van der Waals surface area contributed by atoms with Gasteiger partial charge < -0.3 is 20.1 Å². The first-order chi connectivity index (χ1) is 11.7. The van der Waals surface area contributed by atoms with Crippen molar-refractivity contribution >= 4 is 6.09 Å². The topological polar surface area (TPSA) is 64.8 Å². The van der Waals surface area contributed by atoms with Gasteiger partial charge in [0.25, 0.3) is 0 Å². The fraction of sp³-hybridized carbons (Fsp3) is 0.632. The van der Waals surface area contributed by atoms with Crippen molar-refractivity contribution in [2.75, 3.05) is 13.1 Å². The molecule has 1 saturated heterocycles. The molecule has 2 aliphatic rings. The van der Waals surface area contributed by atoms with Crippen LogP contribution in [-0.4, -0.2) is 42.3 Å². The van der Waals surface area contributed by atoms with Gasteiger partial charge in [-0.05, 0) is 44.1 Å². The van der Waals surface area contributed by atoms with E-state index in [9.17, 15) is 4.79 Å². The van der Waals surface area contributed by atoms with Crippen molar-refractivity contribution in [3.63, 3.8) is 0 Å². The molecule has 1 aliphatic carbocycles. The first-order valence-corrected chi connectivity index (χ1v) is 9.07. The number of piperidine rings is 1. The number of benzene rings is 1. The van der Waals surface area contributed by atoms with Crippen LogP contribution in [0.25, 0.3) is 0 Å². The molecule has 0 bridgehead atoms. The van der Waals surface area contributed by atoms with Crippen molar-refractivity contribution in [2.45, 2.75) is 63.4 Å². The van der Waals surface area contributed by atoms with E-state index < -0.39 is 0 Å². The third-order valence-corrected chi connectivity index (χ3v) is 5.01. The van der Waals surface area contributed by atoms with Gasteiger partial charge in [-0.1, -0.05) is 30.3 Å². The van der Waals surface area contributed by atoms with Crippen molar-refractivity contribution in [1.29, 1.82) is 0 Å². The van der Waals surface area contributed by atoms with Gasteiger partial charge in [-0.3, -0.25) is 0 Å². The van der Waals surface area contributed by atoms with Crippen molar-refractivity contribution in [3.05, 3.63) is 35.9 Å². The van der Waals surface area contributed by atoms with E-state index in [1.165, 1.54) is 0 Å². The molecule has 132 valence electrons. The number of carbonyl (C=O) groups is 1. The fourth-order valence-corrected chi connectivity index (χ4v) is 3.48. The average Bonchev–Trinajstić information content (AvgIpc) is 2.63. The Bertz CT molecular complexity index is 507. The van der Waals surface area contributed by atoms with Crippen LogP contribution < -0.4 is 5.73 Å². The predicted octanol–water partition coefficient (Wildman–Crippen LogP) is 3.07. The normalized spacial score (nSPS) is 25.5. The van der Waals surface area contributed by atoms with Gasteiger partial charge in [0.2, 0.25) is 0 Å². The largest absolute Gasteiger partial charge is 0.445 e. The number of nitrogens with zero attached hydrogens (tertiary/aromatic N) is 1. The van der Waals surface area contributed by atoms with E-state index in [1.54, 1.807) is 4.90 Å². The monoisotopic (exact) mass is 332 g/mol. The number of rotatable bonds is 4. The van der Waals surface area contributed by atoms with Crippen LogP contribution in [0.3, 0.4) is 0 Å². The van der Waals surface area contributed by atoms with E-state index in [0.717, 1.165) is 44.1 Å². The molecular formula is C19H28N2O3. The molecule has 24 heavy (non-hydrogen) atoms. The van der Waals surface area contributed by atoms with Gasteiger partial charge in [0.05, 0.1) is 12.2 Å². The SMILES string of the molecule is N[C@H]1CC[C@H](OC2CCN(C(=O)OCc3ccccc3)CC2)CC1. The maximum Gasteiger partial charge on any atom is 0.410 e. The van der Waals surface area contributed by atoms with Crippen LogP contribution in [0.2, 0.25) is 0 Å². The molecule has 1 aliphatic heterocycles. The Morgan fingerprint density at radius 3 is 2.29 bits per heavy atom. The number of nitrogens with two attached hydrogens (primary N) is 1. The smallest absolute Gasteiger partial charge is 0.410 e. The summed E-state index contributed by atoms with van der Waals surface area (Å²) in [6.07, 6.45) is 6.45.